The summed E-state index contributed by atoms with van der Waals surface area (Å²) < 4.78 is 10.1. The number of rotatable bonds is 6. The number of hydrogen-bond acceptors (Lipinski definition) is 4. The topological polar surface area (TPSA) is 59.6 Å². The quantitative estimate of drug-likeness (QED) is 0.550. The molecule has 0 aromatic carbocycles. The molecule has 14 heavy (non-hydrogen) atoms. The van der Waals surface area contributed by atoms with Crippen molar-refractivity contribution in [3.63, 3.8) is 0 Å². The Morgan fingerprint density at radius 1 is 1.50 bits per heavy atom. The summed E-state index contributed by atoms with van der Waals surface area (Å²) in [6.45, 7) is 2.50. The second-order valence-electron chi connectivity index (χ2n) is 3.40. The molecule has 1 rings (SSSR count). The number of carbonyl (C=O) groups excluding carboxylic acids is 1. The summed E-state index contributed by atoms with van der Waals surface area (Å²) in [5.41, 5.74) is -0.632. The van der Waals surface area contributed by atoms with Crippen LogP contribution < -0.4 is 10.6 Å². The Morgan fingerprint density at radius 3 is 2.64 bits per heavy atom. The van der Waals surface area contributed by atoms with Crippen molar-refractivity contribution in [2.75, 3.05) is 40.5 Å². The molecule has 0 aliphatic carbocycles. The van der Waals surface area contributed by atoms with E-state index in [4.69, 9.17) is 9.47 Å². The van der Waals surface area contributed by atoms with Crippen molar-refractivity contribution < 1.29 is 14.3 Å². The molecule has 1 aliphatic heterocycles. The second-order valence-corrected chi connectivity index (χ2v) is 3.40. The number of carbonyl (C=O) groups is 1. The van der Waals surface area contributed by atoms with E-state index >= 15 is 0 Å². The standard InChI is InChI=1S/C9H18N2O3/c1-13-5-3-4-11-8(12)9(14-2)6-10-7-9/h10H,3-7H2,1-2H3,(H,11,12). The first kappa shape index (κ1) is 11.4. The molecule has 0 radical (unpaired) electrons. The van der Waals surface area contributed by atoms with Crippen LogP contribution in [0.3, 0.4) is 0 Å². The van der Waals surface area contributed by atoms with Gasteiger partial charge in [-0.2, -0.15) is 0 Å². The van der Waals surface area contributed by atoms with Gasteiger partial charge in [-0.05, 0) is 6.42 Å². The highest BCUT2D eigenvalue weighted by Crippen LogP contribution is 2.15. The number of amides is 1. The maximum atomic E-state index is 11.6. The van der Waals surface area contributed by atoms with Crippen LogP contribution in [0.5, 0.6) is 0 Å². The Hall–Kier alpha value is -0.650. The zero-order valence-corrected chi connectivity index (χ0v) is 8.76. The summed E-state index contributed by atoms with van der Waals surface area (Å²) in [5, 5.41) is 5.85. The Bertz CT molecular complexity index is 187. The molecule has 1 fully saturated rings. The molecule has 0 bridgehead atoms. The Morgan fingerprint density at radius 2 is 2.21 bits per heavy atom. The van der Waals surface area contributed by atoms with Crippen LogP contribution in [0, 0.1) is 0 Å². The highest BCUT2D eigenvalue weighted by Gasteiger charge is 2.44. The zero-order chi connectivity index (χ0) is 10.4. The number of methoxy groups -OCH3 is 2. The molecule has 1 heterocycles. The van der Waals surface area contributed by atoms with E-state index in [1.165, 1.54) is 0 Å². The van der Waals surface area contributed by atoms with Crippen molar-refractivity contribution >= 4 is 5.91 Å². The molecule has 2 N–H and O–H groups in total. The molecule has 5 heteroatoms. The lowest BCUT2D eigenvalue weighted by molar-refractivity contribution is -0.149. The van der Waals surface area contributed by atoms with Crippen LogP contribution in [0.1, 0.15) is 6.42 Å². The van der Waals surface area contributed by atoms with E-state index in [9.17, 15) is 4.79 Å². The summed E-state index contributed by atoms with van der Waals surface area (Å²) >= 11 is 0. The highest BCUT2D eigenvalue weighted by atomic mass is 16.5. The fourth-order valence-electron chi connectivity index (χ4n) is 1.33. The summed E-state index contributed by atoms with van der Waals surface area (Å²) in [7, 11) is 3.21. The lowest BCUT2D eigenvalue weighted by atomic mass is 9.96. The van der Waals surface area contributed by atoms with E-state index in [2.05, 4.69) is 10.6 Å². The molecule has 0 saturated carbocycles. The van der Waals surface area contributed by atoms with E-state index < -0.39 is 5.60 Å². The summed E-state index contributed by atoms with van der Waals surface area (Å²) in [6.07, 6.45) is 0.829. The fraction of sp³-hybridized carbons (Fsp3) is 0.889. The normalized spacial score (nSPS) is 18.7. The van der Waals surface area contributed by atoms with Gasteiger partial charge in [0.25, 0.3) is 5.91 Å². The van der Waals surface area contributed by atoms with Gasteiger partial charge in [0.05, 0.1) is 0 Å². The van der Waals surface area contributed by atoms with Crippen LogP contribution in [-0.4, -0.2) is 52.0 Å². The van der Waals surface area contributed by atoms with Crippen molar-refractivity contribution in [2.45, 2.75) is 12.0 Å². The van der Waals surface area contributed by atoms with E-state index in [1.807, 2.05) is 0 Å². The Balaban J connectivity index is 2.20. The van der Waals surface area contributed by atoms with E-state index in [0.717, 1.165) is 6.42 Å². The predicted molar refractivity (Wildman–Crippen MR) is 52.1 cm³/mol. The highest BCUT2D eigenvalue weighted by molar-refractivity contribution is 5.86. The molecule has 0 spiro atoms. The molecular weight excluding hydrogens is 184 g/mol. The summed E-state index contributed by atoms with van der Waals surface area (Å²) in [6, 6.07) is 0. The molecule has 1 aliphatic rings. The van der Waals surface area contributed by atoms with Crippen molar-refractivity contribution in [3.05, 3.63) is 0 Å². The molecule has 0 unspecified atom stereocenters. The third kappa shape index (κ3) is 2.43. The van der Waals surface area contributed by atoms with E-state index in [1.54, 1.807) is 14.2 Å². The minimum Gasteiger partial charge on any atom is -0.385 e. The predicted octanol–water partition coefficient (Wildman–Crippen LogP) is -0.872. The first-order valence-electron chi connectivity index (χ1n) is 4.78. The lowest BCUT2D eigenvalue weighted by Gasteiger charge is -2.39. The SMILES string of the molecule is COCCCNC(=O)C1(OC)CNC1. The van der Waals surface area contributed by atoms with Gasteiger partial charge in [-0.1, -0.05) is 0 Å². The largest absolute Gasteiger partial charge is 0.385 e. The number of ether oxygens (including phenoxy) is 2. The van der Waals surface area contributed by atoms with Gasteiger partial charge in [-0.15, -0.1) is 0 Å². The Kier molecular flexibility index (Phi) is 4.31. The van der Waals surface area contributed by atoms with Crippen molar-refractivity contribution in [3.8, 4) is 0 Å². The average molecular weight is 202 g/mol. The first-order valence-corrected chi connectivity index (χ1v) is 4.78. The number of hydrogen-bond donors (Lipinski definition) is 2. The van der Waals surface area contributed by atoms with Gasteiger partial charge in [0, 0.05) is 40.5 Å². The molecule has 0 atom stereocenters. The zero-order valence-electron chi connectivity index (χ0n) is 8.76. The third-order valence-corrected chi connectivity index (χ3v) is 2.44. The van der Waals surface area contributed by atoms with E-state index in [0.29, 0.717) is 26.2 Å². The molecule has 0 aromatic heterocycles. The lowest BCUT2D eigenvalue weighted by Crippen LogP contribution is -2.68. The monoisotopic (exact) mass is 202 g/mol. The van der Waals surface area contributed by atoms with Crippen molar-refractivity contribution in [1.82, 2.24) is 10.6 Å². The maximum absolute atomic E-state index is 11.6. The minimum atomic E-state index is -0.632. The van der Waals surface area contributed by atoms with Crippen LogP contribution in [-0.2, 0) is 14.3 Å². The van der Waals surface area contributed by atoms with Gasteiger partial charge >= 0.3 is 0 Å². The van der Waals surface area contributed by atoms with Gasteiger partial charge < -0.3 is 20.1 Å². The summed E-state index contributed by atoms with van der Waals surface area (Å²) in [4.78, 5) is 11.6. The van der Waals surface area contributed by atoms with Gasteiger partial charge in [0.2, 0.25) is 0 Å². The van der Waals surface area contributed by atoms with Gasteiger partial charge in [0.15, 0.2) is 5.60 Å². The maximum Gasteiger partial charge on any atom is 0.254 e. The number of nitrogens with one attached hydrogen (secondary N) is 2. The molecule has 1 amide bonds. The fourth-order valence-corrected chi connectivity index (χ4v) is 1.33. The van der Waals surface area contributed by atoms with Crippen LogP contribution in [0.2, 0.25) is 0 Å². The van der Waals surface area contributed by atoms with Gasteiger partial charge in [-0.25, -0.2) is 0 Å². The van der Waals surface area contributed by atoms with E-state index in [-0.39, 0.29) is 5.91 Å². The summed E-state index contributed by atoms with van der Waals surface area (Å²) in [5.74, 6) is -0.0325. The third-order valence-electron chi connectivity index (χ3n) is 2.44. The van der Waals surface area contributed by atoms with Gasteiger partial charge in [-0.3, -0.25) is 4.79 Å². The van der Waals surface area contributed by atoms with Crippen molar-refractivity contribution in [2.24, 2.45) is 0 Å². The van der Waals surface area contributed by atoms with Crippen LogP contribution >= 0.6 is 0 Å². The molecular formula is C9H18N2O3. The molecule has 1 saturated heterocycles. The van der Waals surface area contributed by atoms with Crippen LogP contribution in [0.25, 0.3) is 0 Å². The molecule has 82 valence electrons. The van der Waals surface area contributed by atoms with Crippen molar-refractivity contribution in [1.29, 1.82) is 0 Å². The second kappa shape index (κ2) is 5.29. The molecule has 0 aromatic rings. The molecule has 5 nitrogen and oxygen atoms in total. The van der Waals surface area contributed by atoms with Crippen LogP contribution in [0.15, 0.2) is 0 Å². The average Bonchev–Trinajstić information content (AvgIpc) is 2.12. The minimum absolute atomic E-state index is 0.0325. The Labute approximate surface area is 84.1 Å². The smallest absolute Gasteiger partial charge is 0.254 e. The van der Waals surface area contributed by atoms with Crippen LogP contribution in [0.4, 0.5) is 0 Å². The van der Waals surface area contributed by atoms with Gasteiger partial charge in [0.1, 0.15) is 0 Å². The first-order chi connectivity index (χ1) is 6.75.